The van der Waals surface area contributed by atoms with E-state index in [9.17, 15) is 4.79 Å². The molecule has 2 fully saturated rings. The van der Waals surface area contributed by atoms with Crippen LogP contribution < -0.4 is 4.90 Å². The van der Waals surface area contributed by atoms with Gasteiger partial charge in [0.25, 0.3) is 5.91 Å². The van der Waals surface area contributed by atoms with Crippen LogP contribution in [0.25, 0.3) is 10.2 Å². The predicted molar refractivity (Wildman–Crippen MR) is 131 cm³/mol. The molecule has 3 aromatic rings. The van der Waals surface area contributed by atoms with E-state index in [0.717, 1.165) is 78.1 Å². The van der Waals surface area contributed by atoms with E-state index < -0.39 is 0 Å². The number of anilines is 1. The number of aromatic nitrogens is 2. The summed E-state index contributed by atoms with van der Waals surface area (Å²) < 4.78 is 0. The zero-order valence-electron chi connectivity index (χ0n) is 19.0. The average molecular weight is 450 g/mol. The summed E-state index contributed by atoms with van der Waals surface area (Å²) in [5, 5.41) is 1.08. The molecule has 168 valence electrons. The highest BCUT2D eigenvalue weighted by Gasteiger charge is 2.28. The van der Waals surface area contributed by atoms with Crippen LogP contribution in [-0.4, -0.2) is 64.9 Å². The molecule has 0 saturated carbocycles. The molecule has 2 saturated heterocycles. The Labute approximate surface area is 193 Å². The molecule has 4 heterocycles. The summed E-state index contributed by atoms with van der Waals surface area (Å²) in [5.41, 5.74) is 2.37. The van der Waals surface area contributed by atoms with Gasteiger partial charge in [-0.3, -0.25) is 9.69 Å². The number of amides is 1. The van der Waals surface area contributed by atoms with Gasteiger partial charge in [0.1, 0.15) is 16.5 Å². The molecule has 0 bridgehead atoms. The summed E-state index contributed by atoms with van der Waals surface area (Å²) in [4.78, 5) is 31.6. The number of nitrogens with zero attached hydrogens (tertiary/aromatic N) is 5. The highest BCUT2D eigenvalue weighted by atomic mass is 32.1. The molecular weight excluding hydrogens is 418 g/mol. The number of thiophene rings is 1. The third-order valence-corrected chi connectivity index (χ3v) is 7.81. The van der Waals surface area contributed by atoms with Crippen molar-refractivity contribution in [3.8, 4) is 0 Å². The van der Waals surface area contributed by atoms with Crippen LogP contribution in [-0.2, 0) is 6.54 Å². The summed E-state index contributed by atoms with van der Waals surface area (Å²) in [5.74, 6) is 1.95. The minimum Gasteiger partial charge on any atom is -0.356 e. The Morgan fingerprint density at radius 1 is 0.938 bits per heavy atom. The van der Waals surface area contributed by atoms with Gasteiger partial charge in [0, 0.05) is 45.8 Å². The van der Waals surface area contributed by atoms with Crippen LogP contribution in [0.1, 0.15) is 45.9 Å². The van der Waals surface area contributed by atoms with Gasteiger partial charge in [0.15, 0.2) is 0 Å². The van der Waals surface area contributed by atoms with Crippen molar-refractivity contribution in [3.05, 3.63) is 52.2 Å². The zero-order valence-corrected chi connectivity index (χ0v) is 19.8. The van der Waals surface area contributed by atoms with Crippen LogP contribution in [0.3, 0.4) is 0 Å². The Balaban J connectivity index is 1.34. The Morgan fingerprint density at radius 3 is 2.38 bits per heavy atom. The molecule has 0 spiro atoms. The van der Waals surface area contributed by atoms with Gasteiger partial charge in [-0.25, -0.2) is 9.97 Å². The number of piperazine rings is 1. The van der Waals surface area contributed by atoms with Gasteiger partial charge in [-0.2, -0.15) is 0 Å². The molecule has 0 unspecified atom stereocenters. The molecule has 0 atom stereocenters. The standard InChI is InChI=1S/C25H31N5OS/c1-18-21-23(29-11-7-4-8-12-29)26-19(2)27-24(21)32-22(18)25(31)30-15-13-28(14-16-30)17-20-9-5-3-6-10-20/h3,5-6,9-10H,4,7-8,11-17H2,1-2H3. The van der Waals surface area contributed by atoms with Gasteiger partial charge in [-0.15, -0.1) is 11.3 Å². The first-order valence-electron chi connectivity index (χ1n) is 11.7. The number of carbonyl (C=O) groups is 1. The summed E-state index contributed by atoms with van der Waals surface area (Å²) in [6, 6.07) is 10.6. The van der Waals surface area contributed by atoms with Crippen LogP contribution in [0, 0.1) is 13.8 Å². The first-order valence-corrected chi connectivity index (χ1v) is 12.5. The lowest BCUT2D eigenvalue weighted by Gasteiger charge is -2.34. The molecule has 0 radical (unpaired) electrons. The summed E-state index contributed by atoms with van der Waals surface area (Å²) in [6.45, 7) is 10.4. The molecule has 2 aliphatic heterocycles. The number of piperidine rings is 1. The maximum Gasteiger partial charge on any atom is 0.264 e. The van der Waals surface area contributed by atoms with Crippen molar-refractivity contribution >= 4 is 33.3 Å². The van der Waals surface area contributed by atoms with Crippen molar-refractivity contribution in [3.63, 3.8) is 0 Å². The monoisotopic (exact) mass is 449 g/mol. The molecule has 7 heteroatoms. The van der Waals surface area contributed by atoms with E-state index in [4.69, 9.17) is 9.97 Å². The summed E-state index contributed by atoms with van der Waals surface area (Å²) in [6.07, 6.45) is 3.69. The first kappa shape index (κ1) is 21.3. The molecule has 1 aromatic carbocycles. The quantitative estimate of drug-likeness (QED) is 0.596. The average Bonchev–Trinajstić information content (AvgIpc) is 3.16. The van der Waals surface area contributed by atoms with E-state index in [1.807, 2.05) is 11.8 Å². The fraction of sp³-hybridized carbons (Fsp3) is 0.480. The van der Waals surface area contributed by atoms with Crippen molar-refractivity contribution < 1.29 is 4.79 Å². The SMILES string of the molecule is Cc1nc(N2CCCCC2)c2c(C)c(C(=O)N3CCN(Cc4ccccc4)CC3)sc2n1. The number of rotatable bonds is 4. The summed E-state index contributed by atoms with van der Waals surface area (Å²) >= 11 is 1.54. The lowest BCUT2D eigenvalue weighted by molar-refractivity contribution is 0.0632. The minimum atomic E-state index is 0.145. The number of benzene rings is 1. The summed E-state index contributed by atoms with van der Waals surface area (Å²) in [7, 11) is 0. The zero-order chi connectivity index (χ0) is 22.1. The van der Waals surface area contributed by atoms with Gasteiger partial charge in [-0.05, 0) is 44.2 Å². The van der Waals surface area contributed by atoms with E-state index >= 15 is 0 Å². The van der Waals surface area contributed by atoms with E-state index in [1.54, 1.807) is 0 Å². The van der Waals surface area contributed by atoms with E-state index in [2.05, 4.69) is 47.1 Å². The van der Waals surface area contributed by atoms with Crippen LogP contribution >= 0.6 is 11.3 Å². The predicted octanol–water partition coefficient (Wildman–Crippen LogP) is 4.26. The van der Waals surface area contributed by atoms with Gasteiger partial charge < -0.3 is 9.80 Å². The number of fused-ring (bicyclic) bond motifs is 1. The van der Waals surface area contributed by atoms with Crippen LogP contribution in [0.15, 0.2) is 30.3 Å². The Morgan fingerprint density at radius 2 is 1.66 bits per heavy atom. The number of hydrogen-bond acceptors (Lipinski definition) is 6. The first-order chi connectivity index (χ1) is 15.6. The molecule has 2 aromatic heterocycles. The second-order valence-corrected chi connectivity index (χ2v) is 9.93. The lowest BCUT2D eigenvalue weighted by Crippen LogP contribution is -2.48. The maximum atomic E-state index is 13.5. The van der Waals surface area contributed by atoms with Gasteiger partial charge in [0.2, 0.25) is 0 Å². The fourth-order valence-corrected chi connectivity index (χ4v) is 6.04. The number of aryl methyl sites for hydroxylation is 2. The maximum absolute atomic E-state index is 13.5. The molecule has 32 heavy (non-hydrogen) atoms. The highest BCUT2D eigenvalue weighted by Crippen LogP contribution is 2.37. The van der Waals surface area contributed by atoms with Crippen molar-refractivity contribution in [2.45, 2.75) is 39.7 Å². The van der Waals surface area contributed by atoms with Crippen LogP contribution in [0.5, 0.6) is 0 Å². The fourth-order valence-electron chi connectivity index (χ4n) is 4.85. The third-order valence-electron chi connectivity index (χ3n) is 6.64. The molecular formula is C25H31N5OS. The smallest absolute Gasteiger partial charge is 0.264 e. The molecule has 5 rings (SSSR count). The van der Waals surface area contributed by atoms with Crippen molar-refractivity contribution in [2.75, 3.05) is 44.2 Å². The second kappa shape index (κ2) is 9.16. The van der Waals surface area contributed by atoms with Gasteiger partial charge >= 0.3 is 0 Å². The van der Waals surface area contributed by atoms with Crippen molar-refractivity contribution in [2.24, 2.45) is 0 Å². The molecule has 0 N–H and O–H groups in total. The second-order valence-electron chi connectivity index (χ2n) is 8.93. The third kappa shape index (κ3) is 4.24. The van der Waals surface area contributed by atoms with Gasteiger partial charge in [0.05, 0.1) is 10.3 Å². The van der Waals surface area contributed by atoms with Crippen molar-refractivity contribution in [1.82, 2.24) is 19.8 Å². The Kier molecular flexibility index (Phi) is 6.11. The van der Waals surface area contributed by atoms with Crippen molar-refractivity contribution in [1.29, 1.82) is 0 Å². The molecule has 0 aliphatic carbocycles. The topological polar surface area (TPSA) is 52.6 Å². The highest BCUT2D eigenvalue weighted by molar-refractivity contribution is 7.20. The largest absolute Gasteiger partial charge is 0.356 e. The minimum absolute atomic E-state index is 0.145. The molecule has 1 amide bonds. The Hall–Kier alpha value is -2.51. The van der Waals surface area contributed by atoms with Gasteiger partial charge in [-0.1, -0.05) is 30.3 Å². The number of carbonyl (C=O) groups excluding carboxylic acids is 1. The normalized spacial score (nSPS) is 17.8. The van der Waals surface area contributed by atoms with Crippen LogP contribution in [0.2, 0.25) is 0 Å². The van der Waals surface area contributed by atoms with E-state index in [1.165, 1.54) is 36.2 Å². The van der Waals surface area contributed by atoms with E-state index in [-0.39, 0.29) is 5.91 Å². The molecule has 2 aliphatic rings. The molecule has 6 nitrogen and oxygen atoms in total. The lowest BCUT2D eigenvalue weighted by atomic mass is 10.1. The van der Waals surface area contributed by atoms with Crippen LogP contribution in [0.4, 0.5) is 5.82 Å². The number of hydrogen-bond donors (Lipinski definition) is 0. The Bertz CT molecular complexity index is 1100. The van der Waals surface area contributed by atoms with E-state index in [0.29, 0.717) is 0 Å².